The van der Waals surface area contributed by atoms with Gasteiger partial charge in [-0.3, -0.25) is 19.5 Å². The highest BCUT2D eigenvalue weighted by Crippen LogP contribution is 2.29. The van der Waals surface area contributed by atoms with Crippen molar-refractivity contribution in [1.82, 2.24) is 9.55 Å². The molecule has 0 aliphatic rings. The molecular weight excluding hydrogens is 350 g/mol. The van der Waals surface area contributed by atoms with Gasteiger partial charge in [0.05, 0.1) is 11.5 Å². The molecule has 27 heavy (non-hydrogen) atoms. The predicted octanol–water partition coefficient (Wildman–Crippen LogP) is 2.04. The summed E-state index contributed by atoms with van der Waals surface area (Å²) in [5.74, 6) is -0.742. The van der Waals surface area contributed by atoms with Gasteiger partial charge in [-0.15, -0.1) is 0 Å². The Kier molecular flexibility index (Phi) is 4.93. The van der Waals surface area contributed by atoms with Crippen molar-refractivity contribution in [3.8, 4) is 0 Å². The van der Waals surface area contributed by atoms with Crippen LogP contribution in [0.5, 0.6) is 0 Å². The Morgan fingerprint density at radius 2 is 2.04 bits per heavy atom. The van der Waals surface area contributed by atoms with Crippen LogP contribution >= 0.6 is 0 Å². The van der Waals surface area contributed by atoms with Gasteiger partial charge in [0.15, 0.2) is 0 Å². The number of carbonyl (C=O) groups excluding carboxylic acids is 1. The largest absolute Gasteiger partial charge is 0.366 e. The van der Waals surface area contributed by atoms with Gasteiger partial charge >= 0.3 is 5.69 Å². The fraction of sp³-hybridized carbons (Fsp3) is 0.0556. The summed E-state index contributed by atoms with van der Waals surface area (Å²) in [5.41, 5.74) is 6.23. The van der Waals surface area contributed by atoms with Gasteiger partial charge in [0, 0.05) is 29.7 Å². The van der Waals surface area contributed by atoms with E-state index in [1.165, 1.54) is 22.9 Å². The minimum atomic E-state index is -0.742. The fourth-order valence-electron chi connectivity index (χ4n) is 2.55. The summed E-state index contributed by atoms with van der Waals surface area (Å²) in [6.45, 7) is 0.310. The lowest BCUT2D eigenvalue weighted by Crippen LogP contribution is -2.21. The van der Waals surface area contributed by atoms with E-state index in [-0.39, 0.29) is 22.6 Å². The van der Waals surface area contributed by atoms with Crippen LogP contribution in [0.3, 0.4) is 0 Å². The SMILES string of the molecule is NC(=O)c1ccc(Nc2cccc(Cn3cccnc3=O)c2)c([N+](=O)[O-])c1. The number of amides is 1. The number of nitrogens with one attached hydrogen (secondary N) is 1. The Balaban J connectivity index is 1.88. The van der Waals surface area contributed by atoms with Crippen molar-refractivity contribution in [2.45, 2.75) is 6.54 Å². The number of nitrogens with zero attached hydrogens (tertiary/aromatic N) is 3. The van der Waals surface area contributed by atoms with E-state index < -0.39 is 10.8 Å². The average molecular weight is 365 g/mol. The molecule has 0 saturated carbocycles. The molecule has 0 fully saturated rings. The summed E-state index contributed by atoms with van der Waals surface area (Å²) in [6, 6.07) is 12.7. The molecule has 0 atom stereocenters. The van der Waals surface area contributed by atoms with Crippen molar-refractivity contribution in [1.29, 1.82) is 0 Å². The Morgan fingerprint density at radius 1 is 1.22 bits per heavy atom. The van der Waals surface area contributed by atoms with Crippen LogP contribution in [0, 0.1) is 10.1 Å². The number of aromatic nitrogens is 2. The van der Waals surface area contributed by atoms with Crippen LogP contribution in [0.1, 0.15) is 15.9 Å². The number of rotatable bonds is 6. The molecule has 0 spiro atoms. The number of carbonyl (C=O) groups is 1. The summed E-state index contributed by atoms with van der Waals surface area (Å²) >= 11 is 0. The van der Waals surface area contributed by atoms with E-state index in [1.807, 2.05) is 6.07 Å². The van der Waals surface area contributed by atoms with Crippen LogP contribution in [-0.2, 0) is 6.54 Å². The molecule has 3 aromatic rings. The highest BCUT2D eigenvalue weighted by molar-refractivity contribution is 5.94. The Bertz CT molecular complexity index is 1080. The van der Waals surface area contributed by atoms with Gasteiger partial charge in [0.2, 0.25) is 5.91 Å². The number of hydrogen-bond acceptors (Lipinski definition) is 6. The molecular formula is C18H15N5O4. The van der Waals surface area contributed by atoms with E-state index in [0.29, 0.717) is 12.2 Å². The summed E-state index contributed by atoms with van der Waals surface area (Å²) in [6.07, 6.45) is 3.05. The van der Waals surface area contributed by atoms with E-state index >= 15 is 0 Å². The summed E-state index contributed by atoms with van der Waals surface area (Å²) in [7, 11) is 0. The zero-order valence-electron chi connectivity index (χ0n) is 14.0. The maximum absolute atomic E-state index is 11.7. The van der Waals surface area contributed by atoms with Crippen molar-refractivity contribution >= 4 is 23.0 Å². The molecule has 0 aliphatic carbocycles. The molecule has 2 aromatic carbocycles. The lowest BCUT2D eigenvalue weighted by atomic mass is 10.1. The van der Waals surface area contributed by atoms with Gasteiger partial charge in [-0.1, -0.05) is 12.1 Å². The minimum Gasteiger partial charge on any atom is -0.366 e. The van der Waals surface area contributed by atoms with Crippen molar-refractivity contribution in [3.63, 3.8) is 0 Å². The summed E-state index contributed by atoms with van der Waals surface area (Å²) < 4.78 is 1.45. The van der Waals surface area contributed by atoms with Crippen LogP contribution in [0.2, 0.25) is 0 Å². The second-order valence-corrected chi connectivity index (χ2v) is 5.71. The van der Waals surface area contributed by atoms with Crippen LogP contribution in [0.15, 0.2) is 65.7 Å². The van der Waals surface area contributed by atoms with E-state index in [0.717, 1.165) is 11.6 Å². The van der Waals surface area contributed by atoms with Crippen LogP contribution in [-0.4, -0.2) is 20.4 Å². The highest BCUT2D eigenvalue weighted by Gasteiger charge is 2.16. The smallest absolute Gasteiger partial charge is 0.347 e. The Labute approximate surface area is 153 Å². The average Bonchev–Trinajstić information content (AvgIpc) is 2.64. The number of hydrogen-bond donors (Lipinski definition) is 2. The summed E-state index contributed by atoms with van der Waals surface area (Å²) in [4.78, 5) is 37.4. The zero-order chi connectivity index (χ0) is 19.4. The van der Waals surface area contributed by atoms with Crippen molar-refractivity contribution in [2.24, 2.45) is 5.73 Å². The standard InChI is InChI=1S/C18H15N5O4/c19-17(24)13-5-6-15(16(10-13)23(26)27)21-14-4-1-3-12(9-14)11-22-8-2-7-20-18(22)25/h1-10,21H,11H2,(H2,19,24). The fourth-order valence-corrected chi connectivity index (χ4v) is 2.55. The van der Waals surface area contributed by atoms with Gasteiger partial charge in [0.1, 0.15) is 5.69 Å². The first-order valence-electron chi connectivity index (χ1n) is 7.90. The first-order valence-corrected chi connectivity index (χ1v) is 7.90. The molecule has 0 aliphatic heterocycles. The molecule has 3 N–H and O–H groups in total. The van der Waals surface area contributed by atoms with Crippen molar-refractivity contribution in [3.05, 3.63) is 92.7 Å². The van der Waals surface area contributed by atoms with Crippen LogP contribution in [0.4, 0.5) is 17.1 Å². The third kappa shape index (κ3) is 4.15. The van der Waals surface area contributed by atoms with Gasteiger partial charge in [-0.2, -0.15) is 0 Å². The summed E-state index contributed by atoms with van der Waals surface area (Å²) in [5, 5.41) is 14.3. The van der Waals surface area contributed by atoms with Gasteiger partial charge in [-0.05, 0) is 35.9 Å². The molecule has 0 saturated heterocycles. The number of benzene rings is 2. The molecule has 9 heteroatoms. The number of anilines is 2. The van der Waals surface area contributed by atoms with Gasteiger partial charge < -0.3 is 11.1 Å². The van der Waals surface area contributed by atoms with Crippen molar-refractivity contribution in [2.75, 3.05) is 5.32 Å². The quantitative estimate of drug-likeness (QED) is 0.507. The molecule has 0 radical (unpaired) electrons. The molecule has 9 nitrogen and oxygen atoms in total. The molecule has 0 bridgehead atoms. The molecule has 1 heterocycles. The van der Waals surface area contributed by atoms with E-state index in [1.54, 1.807) is 30.5 Å². The maximum atomic E-state index is 11.7. The topological polar surface area (TPSA) is 133 Å². The van der Waals surface area contributed by atoms with Crippen molar-refractivity contribution < 1.29 is 9.72 Å². The van der Waals surface area contributed by atoms with E-state index in [9.17, 15) is 19.7 Å². The monoisotopic (exact) mass is 365 g/mol. The first kappa shape index (κ1) is 17.8. The number of nitro groups is 1. The van der Waals surface area contributed by atoms with Gasteiger partial charge in [-0.25, -0.2) is 9.78 Å². The third-order valence-electron chi connectivity index (χ3n) is 3.82. The van der Waals surface area contributed by atoms with Crippen LogP contribution < -0.4 is 16.7 Å². The maximum Gasteiger partial charge on any atom is 0.347 e. The molecule has 0 unspecified atom stereocenters. The predicted molar refractivity (Wildman–Crippen MR) is 98.9 cm³/mol. The van der Waals surface area contributed by atoms with Gasteiger partial charge in [0.25, 0.3) is 5.69 Å². The third-order valence-corrected chi connectivity index (χ3v) is 3.82. The molecule has 136 valence electrons. The second kappa shape index (κ2) is 7.48. The number of nitrogens with two attached hydrogens (primary N) is 1. The lowest BCUT2D eigenvalue weighted by molar-refractivity contribution is -0.383. The first-order chi connectivity index (χ1) is 12.9. The van der Waals surface area contributed by atoms with E-state index in [4.69, 9.17) is 5.73 Å². The Hall–Kier alpha value is -4.01. The van der Waals surface area contributed by atoms with E-state index in [2.05, 4.69) is 10.3 Å². The molecule has 1 amide bonds. The second-order valence-electron chi connectivity index (χ2n) is 5.71. The zero-order valence-corrected chi connectivity index (χ0v) is 14.0. The Morgan fingerprint density at radius 3 is 2.74 bits per heavy atom. The molecule has 3 rings (SSSR count). The van der Waals surface area contributed by atoms with Crippen LogP contribution in [0.25, 0.3) is 0 Å². The minimum absolute atomic E-state index is 0.0527. The lowest BCUT2D eigenvalue weighted by Gasteiger charge is -2.10. The number of nitro benzene ring substituents is 1. The molecule has 1 aromatic heterocycles. The normalized spacial score (nSPS) is 10.4. The highest BCUT2D eigenvalue weighted by atomic mass is 16.6. The number of primary amides is 1.